The van der Waals surface area contributed by atoms with E-state index in [2.05, 4.69) is 10.6 Å². The van der Waals surface area contributed by atoms with Crippen LogP contribution >= 0.6 is 0 Å². The second kappa shape index (κ2) is 7.86. The lowest BCUT2D eigenvalue weighted by Gasteiger charge is -2.18. The molecule has 2 aromatic carbocycles. The Bertz CT molecular complexity index is 865. The number of esters is 1. The quantitative estimate of drug-likeness (QED) is 0.441. The van der Waals surface area contributed by atoms with Crippen LogP contribution in [0.4, 0.5) is 11.4 Å². The molecule has 0 saturated heterocycles. The molecule has 2 aromatic rings. The first-order valence-electron chi connectivity index (χ1n) is 8.52. The lowest BCUT2D eigenvalue weighted by molar-refractivity contribution is -0.384. The van der Waals surface area contributed by atoms with Gasteiger partial charge in [-0.3, -0.25) is 14.9 Å². The molecule has 8 heteroatoms. The first-order valence-corrected chi connectivity index (χ1v) is 8.52. The number of amides is 1. The van der Waals surface area contributed by atoms with Gasteiger partial charge in [-0.15, -0.1) is 0 Å². The lowest BCUT2D eigenvalue weighted by atomic mass is 10.1. The molecule has 0 aromatic heterocycles. The van der Waals surface area contributed by atoms with E-state index in [0.29, 0.717) is 5.56 Å². The molecule has 0 spiro atoms. The van der Waals surface area contributed by atoms with E-state index < -0.39 is 22.9 Å². The molecule has 1 aliphatic carbocycles. The van der Waals surface area contributed by atoms with Crippen molar-refractivity contribution in [2.24, 2.45) is 0 Å². The van der Waals surface area contributed by atoms with Gasteiger partial charge < -0.3 is 15.4 Å². The smallest absolute Gasteiger partial charge is 0.339 e. The molecule has 0 heterocycles. The molecule has 140 valence electrons. The number of rotatable bonds is 7. The minimum absolute atomic E-state index is 0.000790. The Balaban J connectivity index is 1.84. The van der Waals surface area contributed by atoms with Gasteiger partial charge in [-0.1, -0.05) is 30.3 Å². The Morgan fingerprint density at radius 1 is 1.19 bits per heavy atom. The van der Waals surface area contributed by atoms with Gasteiger partial charge in [0.2, 0.25) is 6.10 Å². The second-order valence-electron chi connectivity index (χ2n) is 6.22. The van der Waals surface area contributed by atoms with E-state index in [-0.39, 0.29) is 23.0 Å². The van der Waals surface area contributed by atoms with E-state index in [0.717, 1.165) is 18.9 Å². The normalized spacial score (nSPS) is 14.1. The highest BCUT2D eigenvalue weighted by molar-refractivity contribution is 5.94. The average molecular weight is 369 g/mol. The van der Waals surface area contributed by atoms with Crippen molar-refractivity contribution in [3.05, 3.63) is 69.8 Å². The summed E-state index contributed by atoms with van der Waals surface area (Å²) in [5.41, 5.74) is 0.569. The van der Waals surface area contributed by atoms with Crippen molar-refractivity contribution < 1.29 is 19.2 Å². The molecular weight excluding hydrogens is 350 g/mol. The monoisotopic (exact) mass is 369 g/mol. The van der Waals surface area contributed by atoms with E-state index in [1.807, 2.05) is 0 Å². The number of nitro groups is 1. The number of nitro benzene ring substituents is 1. The standard InChI is InChI=1S/C19H19N3O5/c1-20-15-10-7-13(11-16(15)22(25)26)19(24)27-17(12-5-3-2-4-6-12)18(23)21-14-8-9-14/h2-7,10-11,14,17,20H,8-9H2,1H3,(H,21,23)/t17-/m1/s1. The topological polar surface area (TPSA) is 111 Å². The predicted octanol–water partition coefficient (Wildman–Crippen LogP) is 2.81. The molecule has 0 bridgehead atoms. The summed E-state index contributed by atoms with van der Waals surface area (Å²) in [7, 11) is 1.55. The Morgan fingerprint density at radius 3 is 2.48 bits per heavy atom. The summed E-state index contributed by atoms with van der Waals surface area (Å²) < 4.78 is 5.43. The maximum absolute atomic E-state index is 12.6. The molecule has 1 atom stereocenters. The van der Waals surface area contributed by atoms with Gasteiger partial charge in [-0.2, -0.15) is 0 Å². The molecule has 0 aliphatic heterocycles. The van der Waals surface area contributed by atoms with E-state index in [1.54, 1.807) is 37.4 Å². The van der Waals surface area contributed by atoms with Gasteiger partial charge in [0, 0.05) is 24.7 Å². The fraction of sp³-hybridized carbons (Fsp3) is 0.263. The number of hydrogen-bond acceptors (Lipinski definition) is 6. The third-order valence-electron chi connectivity index (χ3n) is 4.19. The molecule has 27 heavy (non-hydrogen) atoms. The van der Waals surface area contributed by atoms with Gasteiger partial charge in [-0.05, 0) is 25.0 Å². The van der Waals surface area contributed by atoms with Gasteiger partial charge in [-0.25, -0.2) is 4.79 Å². The number of hydrogen-bond donors (Lipinski definition) is 2. The highest BCUT2D eigenvalue weighted by atomic mass is 16.6. The minimum atomic E-state index is -1.12. The van der Waals surface area contributed by atoms with Crippen molar-refractivity contribution in [2.45, 2.75) is 25.0 Å². The lowest BCUT2D eigenvalue weighted by Crippen LogP contribution is -2.33. The van der Waals surface area contributed by atoms with Gasteiger partial charge in [0.15, 0.2) is 0 Å². The second-order valence-corrected chi connectivity index (χ2v) is 6.22. The third kappa shape index (κ3) is 4.41. The molecule has 1 amide bonds. The largest absolute Gasteiger partial charge is 0.444 e. The van der Waals surface area contributed by atoms with Crippen LogP contribution in [0.1, 0.15) is 34.9 Å². The molecule has 8 nitrogen and oxygen atoms in total. The maximum Gasteiger partial charge on any atom is 0.339 e. The molecular formula is C19H19N3O5. The molecule has 1 aliphatic rings. The Hall–Kier alpha value is -3.42. The van der Waals surface area contributed by atoms with E-state index in [1.165, 1.54) is 12.1 Å². The number of carbonyl (C=O) groups excluding carboxylic acids is 2. The fourth-order valence-electron chi connectivity index (χ4n) is 2.60. The zero-order chi connectivity index (χ0) is 19.4. The van der Waals surface area contributed by atoms with Crippen LogP contribution in [0.25, 0.3) is 0 Å². The van der Waals surface area contributed by atoms with E-state index in [9.17, 15) is 19.7 Å². The number of carbonyl (C=O) groups is 2. The van der Waals surface area contributed by atoms with Crippen molar-refractivity contribution in [3.63, 3.8) is 0 Å². The van der Waals surface area contributed by atoms with Crippen molar-refractivity contribution >= 4 is 23.3 Å². The number of benzene rings is 2. The molecule has 2 N–H and O–H groups in total. The highest BCUT2D eigenvalue weighted by Gasteiger charge is 2.31. The number of nitrogens with one attached hydrogen (secondary N) is 2. The van der Waals surface area contributed by atoms with Gasteiger partial charge in [0.25, 0.3) is 11.6 Å². The Morgan fingerprint density at radius 2 is 1.89 bits per heavy atom. The van der Waals surface area contributed by atoms with Crippen LogP contribution in [0, 0.1) is 10.1 Å². The summed E-state index contributed by atoms with van der Waals surface area (Å²) >= 11 is 0. The van der Waals surface area contributed by atoms with Gasteiger partial charge in [0.1, 0.15) is 5.69 Å². The fourth-order valence-corrected chi connectivity index (χ4v) is 2.60. The summed E-state index contributed by atoms with van der Waals surface area (Å²) in [6.07, 6.45) is 0.680. The van der Waals surface area contributed by atoms with Crippen molar-refractivity contribution in [1.29, 1.82) is 0 Å². The SMILES string of the molecule is CNc1ccc(C(=O)O[C@@H](C(=O)NC2CC2)c2ccccc2)cc1[N+](=O)[O-]. The molecule has 0 radical (unpaired) electrons. The molecule has 1 saturated carbocycles. The van der Waals surface area contributed by atoms with Crippen LogP contribution in [-0.2, 0) is 9.53 Å². The average Bonchev–Trinajstić information content (AvgIpc) is 3.49. The van der Waals surface area contributed by atoms with Crippen LogP contribution in [0.2, 0.25) is 0 Å². The van der Waals surface area contributed by atoms with Crippen molar-refractivity contribution in [2.75, 3.05) is 12.4 Å². The first kappa shape index (κ1) is 18.4. The zero-order valence-corrected chi connectivity index (χ0v) is 14.7. The van der Waals surface area contributed by atoms with Crippen LogP contribution in [0.3, 0.4) is 0 Å². The maximum atomic E-state index is 12.6. The van der Waals surface area contributed by atoms with E-state index >= 15 is 0 Å². The summed E-state index contributed by atoms with van der Waals surface area (Å²) in [6, 6.07) is 12.8. The van der Waals surface area contributed by atoms with E-state index in [4.69, 9.17) is 4.74 Å². The van der Waals surface area contributed by atoms with Crippen LogP contribution < -0.4 is 10.6 Å². The Kier molecular flexibility index (Phi) is 5.35. The van der Waals surface area contributed by atoms with Crippen molar-refractivity contribution in [1.82, 2.24) is 5.32 Å². The zero-order valence-electron chi connectivity index (χ0n) is 14.7. The number of ether oxygens (including phenoxy) is 1. The Labute approximate surface area is 155 Å². The number of nitrogens with zero attached hydrogens (tertiary/aromatic N) is 1. The highest BCUT2D eigenvalue weighted by Crippen LogP contribution is 2.27. The van der Waals surface area contributed by atoms with Crippen molar-refractivity contribution in [3.8, 4) is 0 Å². The first-order chi connectivity index (χ1) is 13.0. The van der Waals surface area contributed by atoms with Crippen LogP contribution in [0.15, 0.2) is 48.5 Å². The molecule has 0 unspecified atom stereocenters. The van der Waals surface area contributed by atoms with Crippen LogP contribution in [-0.4, -0.2) is 29.9 Å². The van der Waals surface area contributed by atoms with Crippen LogP contribution in [0.5, 0.6) is 0 Å². The molecule has 1 fully saturated rings. The summed E-state index contributed by atoms with van der Waals surface area (Å²) in [5, 5.41) is 16.7. The third-order valence-corrected chi connectivity index (χ3v) is 4.19. The molecule has 3 rings (SSSR count). The predicted molar refractivity (Wildman–Crippen MR) is 98.4 cm³/mol. The summed E-state index contributed by atoms with van der Waals surface area (Å²) in [4.78, 5) is 35.7. The minimum Gasteiger partial charge on any atom is -0.444 e. The summed E-state index contributed by atoms with van der Waals surface area (Å²) in [5.74, 6) is -1.21. The van der Waals surface area contributed by atoms with Gasteiger partial charge in [0.05, 0.1) is 10.5 Å². The van der Waals surface area contributed by atoms with Gasteiger partial charge >= 0.3 is 5.97 Å². The summed E-state index contributed by atoms with van der Waals surface area (Å²) in [6.45, 7) is 0. The number of anilines is 1.